The van der Waals surface area contributed by atoms with E-state index in [2.05, 4.69) is 53.5 Å². The molecule has 0 amide bonds. The number of hydrogen-bond donors (Lipinski definition) is 1. The maximum atomic E-state index is 6.11. The second-order valence-corrected chi connectivity index (χ2v) is 6.37. The van der Waals surface area contributed by atoms with E-state index >= 15 is 0 Å². The molecule has 0 aliphatic heterocycles. The van der Waals surface area contributed by atoms with Gasteiger partial charge in [0.1, 0.15) is 0 Å². The van der Waals surface area contributed by atoms with Gasteiger partial charge in [-0.1, -0.05) is 34.6 Å². The Labute approximate surface area is 96.2 Å². The first-order chi connectivity index (χ1) is 6.64. The molecule has 0 saturated carbocycles. The van der Waals surface area contributed by atoms with E-state index in [1.807, 2.05) is 0 Å². The standard InChI is InChI=1S/C13H30N2/c1-10(2)8-12(14)9-15(7)11(3)13(4,5)6/h10-12H,8-9,14H2,1-7H3. The average Bonchev–Trinajstić information content (AvgIpc) is 1.99. The molecule has 0 aromatic rings. The third-order valence-electron chi connectivity index (χ3n) is 3.21. The lowest BCUT2D eigenvalue weighted by Gasteiger charge is -2.36. The summed E-state index contributed by atoms with van der Waals surface area (Å²) in [6.45, 7) is 14.6. The van der Waals surface area contributed by atoms with Crippen LogP contribution in [0.1, 0.15) is 48.0 Å². The molecule has 0 fully saturated rings. The summed E-state index contributed by atoms with van der Waals surface area (Å²) in [6, 6.07) is 0.871. The van der Waals surface area contributed by atoms with Gasteiger partial charge in [0, 0.05) is 18.6 Å². The molecule has 0 heterocycles. The first kappa shape index (κ1) is 14.9. The maximum absolute atomic E-state index is 6.11. The molecule has 2 unspecified atom stereocenters. The van der Waals surface area contributed by atoms with E-state index < -0.39 is 0 Å². The van der Waals surface area contributed by atoms with Crippen LogP contribution in [0.5, 0.6) is 0 Å². The molecule has 0 aromatic heterocycles. The van der Waals surface area contributed by atoms with Gasteiger partial charge < -0.3 is 10.6 Å². The second-order valence-electron chi connectivity index (χ2n) is 6.37. The third kappa shape index (κ3) is 6.16. The fourth-order valence-electron chi connectivity index (χ4n) is 1.87. The summed E-state index contributed by atoms with van der Waals surface area (Å²) in [6.07, 6.45) is 1.11. The lowest BCUT2D eigenvalue weighted by molar-refractivity contribution is 0.131. The Morgan fingerprint density at radius 1 is 1.13 bits per heavy atom. The molecule has 15 heavy (non-hydrogen) atoms. The van der Waals surface area contributed by atoms with E-state index in [1.54, 1.807) is 0 Å². The van der Waals surface area contributed by atoms with E-state index in [4.69, 9.17) is 5.73 Å². The van der Waals surface area contributed by atoms with Crippen LogP contribution in [-0.2, 0) is 0 Å². The van der Waals surface area contributed by atoms with E-state index in [0.29, 0.717) is 23.4 Å². The zero-order chi connectivity index (χ0) is 12.2. The number of nitrogens with zero attached hydrogens (tertiary/aromatic N) is 1. The summed E-state index contributed by atoms with van der Waals surface area (Å²) in [4.78, 5) is 2.38. The first-order valence-corrected chi connectivity index (χ1v) is 6.10. The van der Waals surface area contributed by atoms with Gasteiger partial charge in [0.15, 0.2) is 0 Å². The molecular formula is C13H30N2. The molecule has 0 bridgehead atoms. The van der Waals surface area contributed by atoms with Gasteiger partial charge >= 0.3 is 0 Å². The van der Waals surface area contributed by atoms with E-state index in [-0.39, 0.29) is 0 Å². The minimum atomic E-state index is 0.305. The van der Waals surface area contributed by atoms with E-state index in [1.165, 1.54) is 0 Å². The van der Waals surface area contributed by atoms with Crippen LogP contribution in [0.15, 0.2) is 0 Å². The Morgan fingerprint density at radius 3 is 1.93 bits per heavy atom. The third-order valence-corrected chi connectivity index (χ3v) is 3.21. The first-order valence-electron chi connectivity index (χ1n) is 6.10. The van der Waals surface area contributed by atoms with Gasteiger partial charge in [-0.25, -0.2) is 0 Å². The molecule has 2 N–H and O–H groups in total. The fourth-order valence-corrected chi connectivity index (χ4v) is 1.87. The molecule has 2 heteroatoms. The highest BCUT2D eigenvalue weighted by Crippen LogP contribution is 2.23. The van der Waals surface area contributed by atoms with Crippen molar-refractivity contribution in [3.8, 4) is 0 Å². The predicted octanol–water partition coefficient (Wildman–Crippen LogP) is 2.73. The smallest absolute Gasteiger partial charge is 0.0170 e. The zero-order valence-electron chi connectivity index (χ0n) is 11.7. The molecule has 2 atom stereocenters. The summed E-state index contributed by atoms with van der Waals surface area (Å²) in [5.41, 5.74) is 6.44. The topological polar surface area (TPSA) is 29.3 Å². The summed E-state index contributed by atoms with van der Waals surface area (Å²) in [5, 5.41) is 0. The van der Waals surface area contributed by atoms with Crippen molar-refractivity contribution in [2.24, 2.45) is 17.1 Å². The number of likely N-dealkylation sites (N-methyl/N-ethyl adjacent to an activating group) is 1. The van der Waals surface area contributed by atoms with Crippen molar-refractivity contribution in [1.82, 2.24) is 4.90 Å². The Morgan fingerprint density at radius 2 is 1.60 bits per heavy atom. The largest absolute Gasteiger partial charge is 0.327 e. The van der Waals surface area contributed by atoms with Crippen LogP contribution in [0.3, 0.4) is 0 Å². The minimum absolute atomic E-state index is 0.305. The molecule has 0 aliphatic rings. The summed E-state index contributed by atoms with van der Waals surface area (Å²) in [5.74, 6) is 0.693. The van der Waals surface area contributed by atoms with Crippen LogP contribution < -0.4 is 5.73 Å². The van der Waals surface area contributed by atoms with Crippen LogP contribution in [-0.4, -0.2) is 30.6 Å². The summed E-state index contributed by atoms with van der Waals surface area (Å²) >= 11 is 0. The Bertz CT molecular complexity index is 170. The van der Waals surface area contributed by atoms with Crippen molar-refractivity contribution in [2.45, 2.75) is 60.0 Å². The van der Waals surface area contributed by atoms with Gasteiger partial charge in [-0.05, 0) is 31.7 Å². The van der Waals surface area contributed by atoms with Gasteiger partial charge in [-0.15, -0.1) is 0 Å². The highest BCUT2D eigenvalue weighted by Gasteiger charge is 2.24. The Hall–Kier alpha value is -0.0800. The van der Waals surface area contributed by atoms with Gasteiger partial charge in [0.2, 0.25) is 0 Å². The number of nitrogens with two attached hydrogens (primary N) is 1. The Kier molecular flexibility index (Phi) is 5.82. The van der Waals surface area contributed by atoms with Crippen molar-refractivity contribution < 1.29 is 0 Å². The normalized spacial score (nSPS) is 17.2. The number of hydrogen-bond acceptors (Lipinski definition) is 2. The van der Waals surface area contributed by atoms with Gasteiger partial charge in [-0.2, -0.15) is 0 Å². The van der Waals surface area contributed by atoms with Crippen molar-refractivity contribution in [2.75, 3.05) is 13.6 Å². The number of rotatable bonds is 5. The van der Waals surface area contributed by atoms with Crippen LogP contribution in [0.25, 0.3) is 0 Å². The van der Waals surface area contributed by atoms with E-state index in [9.17, 15) is 0 Å². The molecule has 2 nitrogen and oxygen atoms in total. The second kappa shape index (κ2) is 5.86. The molecule has 0 saturated heterocycles. The summed E-state index contributed by atoms with van der Waals surface area (Å²) < 4.78 is 0. The average molecular weight is 214 g/mol. The van der Waals surface area contributed by atoms with Crippen LogP contribution in [0.4, 0.5) is 0 Å². The fraction of sp³-hybridized carbons (Fsp3) is 1.00. The van der Waals surface area contributed by atoms with Crippen molar-refractivity contribution in [1.29, 1.82) is 0 Å². The Balaban J connectivity index is 4.07. The maximum Gasteiger partial charge on any atom is 0.0170 e. The highest BCUT2D eigenvalue weighted by molar-refractivity contribution is 4.80. The molecule has 92 valence electrons. The molecular weight excluding hydrogens is 184 g/mol. The van der Waals surface area contributed by atoms with E-state index in [0.717, 1.165) is 13.0 Å². The van der Waals surface area contributed by atoms with Crippen molar-refractivity contribution in [3.63, 3.8) is 0 Å². The van der Waals surface area contributed by atoms with Crippen LogP contribution in [0.2, 0.25) is 0 Å². The van der Waals surface area contributed by atoms with Crippen molar-refractivity contribution in [3.05, 3.63) is 0 Å². The molecule has 0 spiro atoms. The lowest BCUT2D eigenvalue weighted by Crippen LogP contribution is -2.45. The molecule has 0 radical (unpaired) electrons. The molecule has 0 aliphatic carbocycles. The lowest BCUT2D eigenvalue weighted by atomic mass is 9.87. The van der Waals surface area contributed by atoms with Crippen LogP contribution >= 0.6 is 0 Å². The van der Waals surface area contributed by atoms with Crippen molar-refractivity contribution >= 4 is 0 Å². The SMILES string of the molecule is CC(C)CC(N)CN(C)C(C)C(C)(C)C. The molecule has 0 aromatic carbocycles. The zero-order valence-corrected chi connectivity index (χ0v) is 11.7. The highest BCUT2D eigenvalue weighted by atomic mass is 15.1. The predicted molar refractivity (Wildman–Crippen MR) is 69.0 cm³/mol. The van der Waals surface area contributed by atoms with Gasteiger partial charge in [-0.3, -0.25) is 0 Å². The molecule has 0 rings (SSSR count). The monoisotopic (exact) mass is 214 g/mol. The minimum Gasteiger partial charge on any atom is -0.327 e. The van der Waals surface area contributed by atoms with Gasteiger partial charge in [0.25, 0.3) is 0 Å². The van der Waals surface area contributed by atoms with Gasteiger partial charge in [0.05, 0.1) is 0 Å². The van der Waals surface area contributed by atoms with Crippen LogP contribution in [0, 0.1) is 11.3 Å². The summed E-state index contributed by atoms with van der Waals surface area (Å²) in [7, 11) is 2.18. The quantitative estimate of drug-likeness (QED) is 0.762.